The Hall–Kier alpha value is -4.15. The second-order valence-corrected chi connectivity index (χ2v) is 11.4. The zero-order valence-electron chi connectivity index (χ0n) is 25.2. The van der Waals surface area contributed by atoms with Gasteiger partial charge < -0.3 is 29.2 Å². The average Bonchev–Trinajstić information content (AvgIpc) is 3.55. The topological polar surface area (TPSA) is 129 Å². The fourth-order valence-corrected chi connectivity index (χ4v) is 6.07. The standard InChI is InChI=1S/C32H40N4O7/c1-5-42-30(39)32-19-21(32)10-8-6-7-9-15-36(2)29(38)25-17-23(16-24(25)28(37)35-32)43-27-18-26(33-31(34-27)41-4)20-11-13-22(40-3)14-12-20/h8,10-14,18,21,23-25H,5-7,9,15-17,19H2,1-4H3,(H,35,37)/t21-,23-,24-,25-,32-/m1/s1. The number of carbonyl (C=O) groups excluding carboxylic acids is 3. The maximum absolute atomic E-state index is 13.8. The highest BCUT2D eigenvalue weighted by Crippen LogP contribution is 2.47. The molecule has 0 saturated heterocycles. The molecule has 3 aliphatic rings. The Morgan fingerprint density at radius 3 is 2.56 bits per heavy atom. The summed E-state index contributed by atoms with van der Waals surface area (Å²) < 4.78 is 22.3. The summed E-state index contributed by atoms with van der Waals surface area (Å²) in [5.74, 6) is -1.28. The van der Waals surface area contributed by atoms with Crippen LogP contribution in [0.25, 0.3) is 11.3 Å². The van der Waals surface area contributed by atoms with Crippen molar-refractivity contribution in [3.05, 3.63) is 42.5 Å². The second-order valence-electron chi connectivity index (χ2n) is 11.4. The fraction of sp³-hybridized carbons (Fsp3) is 0.531. The molecule has 1 aromatic heterocycles. The van der Waals surface area contributed by atoms with Crippen molar-refractivity contribution in [3.63, 3.8) is 0 Å². The molecular formula is C32H40N4O7. The maximum atomic E-state index is 13.8. The number of nitrogens with one attached hydrogen (secondary N) is 1. The molecule has 2 fully saturated rings. The van der Waals surface area contributed by atoms with E-state index in [2.05, 4.69) is 21.4 Å². The van der Waals surface area contributed by atoms with Crippen molar-refractivity contribution < 1.29 is 33.3 Å². The number of hydrogen-bond acceptors (Lipinski definition) is 9. The molecule has 2 heterocycles. The van der Waals surface area contributed by atoms with Gasteiger partial charge in [0.05, 0.1) is 38.4 Å². The van der Waals surface area contributed by atoms with Crippen LogP contribution in [0, 0.1) is 17.8 Å². The summed E-state index contributed by atoms with van der Waals surface area (Å²) in [7, 11) is 4.86. The minimum atomic E-state index is -1.10. The lowest BCUT2D eigenvalue weighted by Crippen LogP contribution is -2.50. The van der Waals surface area contributed by atoms with Crippen molar-refractivity contribution in [2.24, 2.45) is 17.8 Å². The Balaban J connectivity index is 1.40. The van der Waals surface area contributed by atoms with Crippen LogP contribution >= 0.6 is 0 Å². The van der Waals surface area contributed by atoms with Crippen molar-refractivity contribution in [2.75, 3.05) is 34.4 Å². The highest BCUT2D eigenvalue weighted by molar-refractivity contribution is 5.95. The molecule has 0 unspecified atom stereocenters. The molecule has 5 rings (SSSR count). The number of rotatable bonds is 7. The Bertz CT molecular complexity index is 1360. The molecule has 0 spiro atoms. The van der Waals surface area contributed by atoms with Gasteiger partial charge in [0, 0.05) is 31.1 Å². The van der Waals surface area contributed by atoms with Gasteiger partial charge in [0.15, 0.2) is 0 Å². The number of methoxy groups -OCH3 is 2. The summed E-state index contributed by atoms with van der Waals surface area (Å²) in [6.45, 7) is 2.57. The van der Waals surface area contributed by atoms with Gasteiger partial charge in [-0.1, -0.05) is 12.2 Å². The molecule has 2 aromatic rings. The lowest BCUT2D eigenvalue weighted by Gasteiger charge is -2.26. The van der Waals surface area contributed by atoms with Gasteiger partial charge >= 0.3 is 12.0 Å². The molecule has 1 N–H and O–H groups in total. The molecule has 2 saturated carbocycles. The van der Waals surface area contributed by atoms with E-state index >= 15 is 0 Å². The van der Waals surface area contributed by atoms with E-state index in [1.54, 1.807) is 32.0 Å². The zero-order valence-corrected chi connectivity index (χ0v) is 25.2. The molecule has 2 aliphatic carbocycles. The van der Waals surface area contributed by atoms with Gasteiger partial charge in [0.1, 0.15) is 17.4 Å². The van der Waals surface area contributed by atoms with E-state index in [0.29, 0.717) is 31.5 Å². The molecule has 0 radical (unpaired) electrons. The van der Waals surface area contributed by atoms with Gasteiger partial charge in [-0.15, -0.1) is 0 Å². The van der Waals surface area contributed by atoms with Crippen molar-refractivity contribution in [1.82, 2.24) is 20.2 Å². The highest BCUT2D eigenvalue weighted by atomic mass is 16.5. The zero-order chi connectivity index (χ0) is 30.6. The third-order valence-electron chi connectivity index (χ3n) is 8.57. The summed E-state index contributed by atoms with van der Waals surface area (Å²) in [6.07, 6.45) is 7.32. The monoisotopic (exact) mass is 592 g/mol. The SMILES string of the molecule is CCOC(=O)[C@@]12C[C@H]1C=CCCCCN(C)C(=O)[C@@H]1C[C@H](Oc3cc(-c4ccc(OC)cc4)nc(OC)n3)C[C@H]1C(=O)N2. The van der Waals surface area contributed by atoms with Crippen molar-refractivity contribution >= 4 is 17.8 Å². The lowest BCUT2D eigenvalue weighted by atomic mass is 9.93. The van der Waals surface area contributed by atoms with Crippen LogP contribution in [0.1, 0.15) is 45.4 Å². The van der Waals surface area contributed by atoms with Crippen LogP contribution < -0.4 is 19.5 Å². The van der Waals surface area contributed by atoms with Crippen LogP contribution in [0.15, 0.2) is 42.5 Å². The Morgan fingerprint density at radius 2 is 1.84 bits per heavy atom. The van der Waals surface area contributed by atoms with Gasteiger partial charge in [-0.05, 0) is 69.7 Å². The Labute approximate surface area is 251 Å². The number of allylic oxidation sites excluding steroid dienone is 1. The largest absolute Gasteiger partial charge is 0.497 e. The molecule has 5 atom stereocenters. The van der Waals surface area contributed by atoms with Crippen LogP contribution in [0.3, 0.4) is 0 Å². The minimum Gasteiger partial charge on any atom is -0.497 e. The number of aromatic nitrogens is 2. The molecule has 11 heteroatoms. The Kier molecular flexibility index (Phi) is 9.17. The Morgan fingerprint density at radius 1 is 1.07 bits per heavy atom. The number of nitrogens with zero attached hydrogens (tertiary/aromatic N) is 3. The second kappa shape index (κ2) is 13.0. The first kappa shape index (κ1) is 30.3. The van der Waals surface area contributed by atoms with E-state index in [-0.39, 0.29) is 36.2 Å². The van der Waals surface area contributed by atoms with Gasteiger partial charge in [-0.3, -0.25) is 9.59 Å². The minimum absolute atomic E-state index is 0.101. The molecule has 0 bridgehead atoms. The van der Waals surface area contributed by atoms with Gasteiger partial charge in [-0.25, -0.2) is 4.79 Å². The van der Waals surface area contributed by atoms with E-state index < -0.39 is 29.4 Å². The van der Waals surface area contributed by atoms with Crippen molar-refractivity contribution in [2.45, 2.75) is 57.1 Å². The van der Waals surface area contributed by atoms with E-state index in [9.17, 15) is 14.4 Å². The predicted octanol–water partition coefficient (Wildman–Crippen LogP) is 3.57. The number of hydrogen-bond donors (Lipinski definition) is 1. The van der Waals surface area contributed by atoms with E-state index in [4.69, 9.17) is 18.9 Å². The summed E-state index contributed by atoms with van der Waals surface area (Å²) in [6, 6.07) is 9.28. The summed E-state index contributed by atoms with van der Waals surface area (Å²) >= 11 is 0. The summed E-state index contributed by atoms with van der Waals surface area (Å²) in [4.78, 5) is 51.1. The average molecular weight is 593 g/mol. The number of amides is 2. The third-order valence-corrected chi connectivity index (χ3v) is 8.57. The quantitative estimate of drug-likeness (QED) is 0.379. The predicted molar refractivity (Wildman–Crippen MR) is 157 cm³/mol. The first-order valence-corrected chi connectivity index (χ1v) is 14.9. The van der Waals surface area contributed by atoms with Crippen LogP contribution in [-0.2, 0) is 19.1 Å². The van der Waals surface area contributed by atoms with Crippen molar-refractivity contribution in [3.8, 4) is 28.9 Å². The summed E-state index contributed by atoms with van der Waals surface area (Å²) in [5.41, 5.74) is 0.317. The highest BCUT2D eigenvalue weighted by Gasteiger charge is 2.62. The molecular weight excluding hydrogens is 552 g/mol. The summed E-state index contributed by atoms with van der Waals surface area (Å²) in [5, 5.41) is 3.01. The number of fused-ring (bicyclic) bond motifs is 2. The van der Waals surface area contributed by atoms with Gasteiger partial charge in [-0.2, -0.15) is 9.97 Å². The molecule has 1 aromatic carbocycles. The molecule has 230 valence electrons. The van der Waals surface area contributed by atoms with Crippen LogP contribution in [0.4, 0.5) is 0 Å². The number of ether oxygens (including phenoxy) is 4. The molecule has 43 heavy (non-hydrogen) atoms. The number of esters is 1. The van der Waals surface area contributed by atoms with Crippen LogP contribution in [0.5, 0.6) is 17.6 Å². The smallest absolute Gasteiger partial charge is 0.332 e. The fourth-order valence-electron chi connectivity index (χ4n) is 6.07. The van der Waals surface area contributed by atoms with Crippen LogP contribution in [0.2, 0.25) is 0 Å². The van der Waals surface area contributed by atoms with Gasteiger partial charge in [0.25, 0.3) is 0 Å². The van der Waals surface area contributed by atoms with Crippen LogP contribution in [-0.4, -0.2) is 78.7 Å². The van der Waals surface area contributed by atoms with E-state index in [0.717, 1.165) is 30.6 Å². The molecule has 11 nitrogen and oxygen atoms in total. The molecule has 1 aliphatic heterocycles. The number of benzene rings is 1. The first-order chi connectivity index (χ1) is 20.8. The van der Waals surface area contributed by atoms with Crippen molar-refractivity contribution in [1.29, 1.82) is 0 Å². The lowest BCUT2D eigenvalue weighted by molar-refractivity contribution is -0.150. The van der Waals surface area contributed by atoms with E-state index in [1.807, 2.05) is 30.3 Å². The maximum Gasteiger partial charge on any atom is 0.332 e. The molecule has 2 amide bonds. The first-order valence-electron chi connectivity index (χ1n) is 14.9. The van der Waals surface area contributed by atoms with E-state index in [1.165, 1.54) is 7.11 Å². The van der Waals surface area contributed by atoms with Gasteiger partial charge in [0.2, 0.25) is 17.7 Å². The number of carbonyl (C=O) groups is 3. The normalized spacial score (nSPS) is 27.3. The third kappa shape index (κ3) is 6.60.